The Morgan fingerprint density at radius 2 is 1.11 bits per heavy atom. The Morgan fingerprint density at radius 3 is 1.80 bits per heavy atom. The third-order valence-corrected chi connectivity index (χ3v) is 9.37. The zero-order valence-electron chi connectivity index (χ0n) is 24.6. The van der Waals surface area contributed by atoms with Crippen LogP contribution in [0.5, 0.6) is 0 Å². The van der Waals surface area contributed by atoms with Gasteiger partial charge in [-0.3, -0.25) is 4.57 Å². The van der Waals surface area contributed by atoms with Gasteiger partial charge < -0.3 is 0 Å². The average Bonchev–Trinajstić information content (AvgIpc) is 3.52. The molecule has 9 rings (SSSR count). The molecule has 44 heavy (non-hydrogen) atoms. The summed E-state index contributed by atoms with van der Waals surface area (Å²) in [5.41, 5.74) is 11.4. The van der Waals surface area contributed by atoms with Gasteiger partial charge in [-0.15, -0.1) is 0 Å². The van der Waals surface area contributed by atoms with Crippen molar-refractivity contribution in [2.45, 2.75) is 19.3 Å². The summed E-state index contributed by atoms with van der Waals surface area (Å²) in [7, 11) is 0. The van der Waals surface area contributed by atoms with Crippen LogP contribution in [0.1, 0.15) is 25.0 Å². The van der Waals surface area contributed by atoms with Crippen molar-refractivity contribution >= 4 is 32.6 Å². The molecule has 0 unspecified atom stereocenters. The van der Waals surface area contributed by atoms with Crippen molar-refractivity contribution in [1.82, 2.24) is 14.5 Å². The molecule has 0 atom stereocenters. The lowest BCUT2D eigenvalue weighted by Crippen LogP contribution is -2.15. The fourth-order valence-corrected chi connectivity index (χ4v) is 7.31. The number of nitrogens with zero attached hydrogens (tertiary/aromatic N) is 3. The highest BCUT2D eigenvalue weighted by molar-refractivity contribution is 6.14. The fraction of sp³-hybridized carbons (Fsp3) is 0.0732. The highest BCUT2D eigenvalue weighted by Crippen LogP contribution is 2.54. The van der Waals surface area contributed by atoms with Crippen molar-refractivity contribution in [3.63, 3.8) is 0 Å². The van der Waals surface area contributed by atoms with Crippen LogP contribution >= 0.6 is 0 Å². The third kappa shape index (κ3) is 3.56. The second-order valence-electron chi connectivity index (χ2n) is 12.3. The van der Waals surface area contributed by atoms with Gasteiger partial charge in [-0.1, -0.05) is 123 Å². The van der Waals surface area contributed by atoms with E-state index in [0.717, 1.165) is 33.5 Å². The van der Waals surface area contributed by atoms with Gasteiger partial charge >= 0.3 is 0 Å². The first-order chi connectivity index (χ1) is 21.6. The van der Waals surface area contributed by atoms with Crippen molar-refractivity contribution in [1.29, 1.82) is 0 Å². The van der Waals surface area contributed by atoms with Gasteiger partial charge in [0.15, 0.2) is 0 Å². The van der Waals surface area contributed by atoms with E-state index in [-0.39, 0.29) is 5.41 Å². The van der Waals surface area contributed by atoms with Gasteiger partial charge in [0.2, 0.25) is 5.95 Å². The molecule has 3 heteroatoms. The predicted molar refractivity (Wildman–Crippen MR) is 182 cm³/mol. The predicted octanol–water partition coefficient (Wildman–Crippen LogP) is 10.4. The molecule has 208 valence electrons. The summed E-state index contributed by atoms with van der Waals surface area (Å²) < 4.78 is 2.26. The van der Waals surface area contributed by atoms with Crippen LogP contribution in [0.2, 0.25) is 0 Å². The molecule has 3 nitrogen and oxygen atoms in total. The molecule has 1 aliphatic rings. The quantitative estimate of drug-likeness (QED) is 0.214. The molecule has 0 saturated carbocycles. The van der Waals surface area contributed by atoms with Crippen LogP contribution in [-0.2, 0) is 5.41 Å². The van der Waals surface area contributed by atoms with E-state index in [1.807, 2.05) is 12.1 Å². The minimum Gasteiger partial charge on any atom is -0.278 e. The summed E-state index contributed by atoms with van der Waals surface area (Å²) in [6.07, 6.45) is 0. The first-order valence-corrected chi connectivity index (χ1v) is 15.2. The molecule has 0 amide bonds. The van der Waals surface area contributed by atoms with Gasteiger partial charge in [-0.05, 0) is 63.4 Å². The van der Waals surface area contributed by atoms with E-state index in [1.165, 1.54) is 43.8 Å². The van der Waals surface area contributed by atoms with E-state index >= 15 is 0 Å². The van der Waals surface area contributed by atoms with Crippen molar-refractivity contribution in [3.05, 3.63) is 151 Å². The van der Waals surface area contributed by atoms with Crippen molar-refractivity contribution in [2.24, 2.45) is 0 Å². The SMILES string of the molecule is CC1(C)c2cc3ccccc3cc2-c2ccc3c(c21)c1ccccc1n3-c1nc(-c2ccccc2)cc(-c2ccccc2)n1. The lowest BCUT2D eigenvalue weighted by molar-refractivity contribution is 0.667. The van der Waals surface area contributed by atoms with Crippen molar-refractivity contribution in [3.8, 4) is 39.6 Å². The van der Waals surface area contributed by atoms with Crippen LogP contribution in [0.4, 0.5) is 0 Å². The summed E-state index contributed by atoms with van der Waals surface area (Å²) >= 11 is 0. The highest BCUT2D eigenvalue weighted by Gasteiger charge is 2.38. The average molecular weight is 564 g/mol. The summed E-state index contributed by atoms with van der Waals surface area (Å²) in [6, 6.07) is 49.7. The molecule has 0 aliphatic heterocycles. The fourth-order valence-electron chi connectivity index (χ4n) is 7.31. The first-order valence-electron chi connectivity index (χ1n) is 15.2. The first kappa shape index (κ1) is 25.0. The van der Waals surface area contributed by atoms with Crippen LogP contribution in [0, 0.1) is 0 Å². The minimum absolute atomic E-state index is 0.175. The van der Waals surface area contributed by atoms with Crippen LogP contribution in [-0.4, -0.2) is 14.5 Å². The Morgan fingerprint density at radius 1 is 0.523 bits per heavy atom. The molecular formula is C41H29N3. The third-order valence-electron chi connectivity index (χ3n) is 9.37. The molecule has 0 radical (unpaired) electrons. The van der Waals surface area contributed by atoms with Crippen LogP contribution < -0.4 is 0 Å². The van der Waals surface area contributed by atoms with Gasteiger partial charge in [-0.2, -0.15) is 0 Å². The van der Waals surface area contributed by atoms with Crippen LogP contribution in [0.3, 0.4) is 0 Å². The van der Waals surface area contributed by atoms with Crippen molar-refractivity contribution < 1.29 is 0 Å². The maximum Gasteiger partial charge on any atom is 0.235 e. The molecule has 0 fully saturated rings. The van der Waals surface area contributed by atoms with Crippen LogP contribution in [0.15, 0.2) is 140 Å². The second-order valence-corrected chi connectivity index (χ2v) is 12.3. The Balaban J connectivity index is 1.36. The highest BCUT2D eigenvalue weighted by atomic mass is 15.2. The van der Waals surface area contributed by atoms with Gasteiger partial charge in [0, 0.05) is 27.3 Å². The summed E-state index contributed by atoms with van der Waals surface area (Å²) in [6.45, 7) is 4.75. The Kier molecular flexibility index (Phi) is 5.24. The molecule has 8 aromatic rings. The topological polar surface area (TPSA) is 30.7 Å². The lowest BCUT2D eigenvalue weighted by atomic mass is 9.80. The van der Waals surface area contributed by atoms with E-state index in [0.29, 0.717) is 5.95 Å². The number of para-hydroxylation sites is 1. The Bertz CT molecular complexity index is 2340. The molecule has 0 saturated heterocycles. The molecule has 2 aromatic heterocycles. The van der Waals surface area contributed by atoms with E-state index in [4.69, 9.17) is 9.97 Å². The number of benzene rings is 6. The maximum atomic E-state index is 5.23. The van der Waals surface area contributed by atoms with E-state index < -0.39 is 0 Å². The number of hydrogen-bond acceptors (Lipinski definition) is 2. The molecule has 6 aromatic carbocycles. The summed E-state index contributed by atoms with van der Waals surface area (Å²) in [5, 5.41) is 5.06. The zero-order valence-corrected chi connectivity index (χ0v) is 24.6. The normalized spacial score (nSPS) is 13.4. The van der Waals surface area contributed by atoms with Crippen molar-refractivity contribution in [2.75, 3.05) is 0 Å². The summed E-state index contributed by atoms with van der Waals surface area (Å²) in [5.74, 6) is 0.676. The van der Waals surface area contributed by atoms with E-state index in [1.54, 1.807) is 0 Å². The number of aromatic nitrogens is 3. The zero-order chi connectivity index (χ0) is 29.4. The molecule has 0 N–H and O–H groups in total. The minimum atomic E-state index is -0.175. The number of hydrogen-bond donors (Lipinski definition) is 0. The van der Waals surface area contributed by atoms with Crippen LogP contribution in [0.25, 0.3) is 72.2 Å². The Hall–Kier alpha value is -5.54. The lowest BCUT2D eigenvalue weighted by Gasteiger charge is -2.23. The van der Waals surface area contributed by atoms with Gasteiger partial charge in [0.25, 0.3) is 0 Å². The summed E-state index contributed by atoms with van der Waals surface area (Å²) in [4.78, 5) is 10.5. The van der Waals surface area contributed by atoms with Gasteiger partial charge in [0.1, 0.15) is 0 Å². The second kappa shape index (κ2) is 9.23. The Labute approximate surface area is 256 Å². The molecule has 2 heterocycles. The molecule has 0 bridgehead atoms. The smallest absolute Gasteiger partial charge is 0.235 e. The van der Waals surface area contributed by atoms with Gasteiger partial charge in [-0.25, -0.2) is 9.97 Å². The number of fused-ring (bicyclic) bond motifs is 8. The molecule has 0 spiro atoms. The monoisotopic (exact) mass is 563 g/mol. The maximum absolute atomic E-state index is 5.23. The number of rotatable bonds is 3. The standard InChI is InChI=1S/C41H29N3/c1-41(2)33-24-29-18-10-9-17-28(29)23-32(33)30-21-22-37-38(39(30)41)31-19-11-12-20-36(31)44(37)40-42-34(26-13-5-3-6-14-26)25-35(43-40)27-15-7-4-8-16-27/h3-25H,1-2H3. The van der Waals surface area contributed by atoms with E-state index in [2.05, 4.69) is 146 Å². The van der Waals surface area contributed by atoms with E-state index in [9.17, 15) is 0 Å². The van der Waals surface area contributed by atoms with Gasteiger partial charge in [0.05, 0.1) is 22.4 Å². The molecule has 1 aliphatic carbocycles. The molecular weight excluding hydrogens is 534 g/mol. The largest absolute Gasteiger partial charge is 0.278 e.